The van der Waals surface area contributed by atoms with Gasteiger partial charge >= 0.3 is 0 Å². The Labute approximate surface area is 109 Å². The van der Waals surface area contributed by atoms with E-state index in [1.807, 2.05) is 7.05 Å². The van der Waals surface area contributed by atoms with E-state index in [9.17, 15) is 0 Å². The van der Waals surface area contributed by atoms with Crippen LogP contribution in [0.3, 0.4) is 0 Å². The summed E-state index contributed by atoms with van der Waals surface area (Å²) in [4.78, 5) is 0. The molecule has 96 valence electrons. The number of aromatic nitrogens is 1. The van der Waals surface area contributed by atoms with E-state index >= 15 is 0 Å². The van der Waals surface area contributed by atoms with Crippen molar-refractivity contribution in [1.29, 1.82) is 0 Å². The molecule has 2 heteroatoms. The van der Waals surface area contributed by atoms with Crippen LogP contribution in [0.15, 0.2) is 18.2 Å². The van der Waals surface area contributed by atoms with Crippen molar-refractivity contribution in [2.24, 2.45) is 0 Å². The number of nitrogens with one attached hydrogen (secondary N) is 1. The van der Waals surface area contributed by atoms with E-state index in [1.54, 1.807) is 5.56 Å². The third kappa shape index (κ3) is 1.95. The summed E-state index contributed by atoms with van der Waals surface area (Å²) in [7, 11) is 2.02. The van der Waals surface area contributed by atoms with E-state index in [2.05, 4.69) is 35.0 Å². The molecule has 1 aliphatic rings. The zero-order valence-electron chi connectivity index (χ0n) is 11.4. The molecule has 0 saturated carbocycles. The maximum Gasteiger partial charge on any atom is 0.0515 e. The van der Waals surface area contributed by atoms with Gasteiger partial charge in [0, 0.05) is 17.6 Å². The van der Waals surface area contributed by atoms with E-state index in [1.165, 1.54) is 54.4 Å². The standard InChI is InChI=1S/C16H22N2/c1-12-9-15-11-13(5-3-7-17-2)10-14-6-4-8-18(12)16(14)15/h9-11,17H,3-8H2,1-2H3. The van der Waals surface area contributed by atoms with Gasteiger partial charge < -0.3 is 9.88 Å². The Balaban J connectivity index is 2.00. The highest BCUT2D eigenvalue weighted by molar-refractivity contribution is 5.85. The molecule has 2 heterocycles. The van der Waals surface area contributed by atoms with Gasteiger partial charge in [-0.2, -0.15) is 0 Å². The molecule has 1 aromatic heterocycles. The molecule has 0 aliphatic carbocycles. The van der Waals surface area contributed by atoms with Crippen LogP contribution in [0.25, 0.3) is 10.9 Å². The topological polar surface area (TPSA) is 17.0 Å². The van der Waals surface area contributed by atoms with E-state index < -0.39 is 0 Å². The van der Waals surface area contributed by atoms with Gasteiger partial charge in [-0.15, -0.1) is 0 Å². The summed E-state index contributed by atoms with van der Waals surface area (Å²) in [6.45, 7) is 4.53. The molecule has 0 radical (unpaired) electrons. The third-order valence-electron chi connectivity index (χ3n) is 4.06. The molecule has 0 bridgehead atoms. The van der Waals surface area contributed by atoms with Gasteiger partial charge in [0.1, 0.15) is 0 Å². The van der Waals surface area contributed by atoms with Crippen molar-refractivity contribution in [3.05, 3.63) is 35.0 Å². The first-order chi connectivity index (χ1) is 8.79. The first-order valence-electron chi connectivity index (χ1n) is 7.06. The van der Waals surface area contributed by atoms with Crippen molar-refractivity contribution in [3.63, 3.8) is 0 Å². The Bertz CT molecular complexity index is 566. The predicted molar refractivity (Wildman–Crippen MR) is 77.2 cm³/mol. The van der Waals surface area contributed by atoms with Crippen molar-refractivity contribution >= 4 is 10.9 Å². The summed E-state index contributed by atoms with van der Waals surface area (Å²) in [5.41, 5.74) is 5.98. The predicted octanol–water partition coefficient (Wildman–Crippen LogP) is 3.05. The largest absolute Gasteiger partial charge is 0.345 e. The second-order valence-corrected chi connectivity index (χ2v) is 5.44. The van der Waals surface area contributed by atoms with Crippen molar-refractivity contribution in [2.75, 3.05) is 13.6 Å². The molecule has 0 spiro atoms. The molecule has 0 amide bonds. The number of nitrogens with zero attached hydrogens (tertiary/aromatic N) is 1. The Morgan fingerprint density at radius 2 is 2.17 bits per heavy atom. The number of rotatable bonds is 4. The van der Waals surface area contributed by atoms with Crippen LogP contribution in [0, 0.1) is 6.92 Å². The lowest BCUT2D eigenvalue weighted by Crippen LogP contribution is -2.10. The fourth-order valence-electron chi connectivity index (χ4n) is 3.23. The van der Waals surface area contributed by atoms with E-state index in [-0.39, 0.29) is 0 Å². The molecule has 2 nitrogen and oxygen atoms in total. The molecule has 1 aliphatic heterocycles. The monoisotopic (exact) mass is 242 g/mol. The Kier molecular flexibility index (Phi) is 3.13. The summed E-state index contributed by atoms with van der Waals surface area (Å²) in [5, 5.41) is 4.67. The lowest BCUT2D eigenvalue weighted by atomic mass is 9.98. The van der Waals surface area contributed by atoms with E-state index in [0.717, 1.165) is 6.54 Å². The van der Waals surface area contributed by atoms with Crippen molar-refractivity contribution in [1.82, 2.24) is 9.88 Å². The van der Waals surface area contributed by atoms with Gasteiger partial charge in [0.15, 0.2) is 0 Å². The van der Waals surface area contributed by atoms with Crippen LogP contribution in [0.4, 0.5) is 0 Å². The SMILES string of the molecule is CNCCCc1cc2c3c(c1)cc(C)n3CCC2. The number of aryl methyl sites for hydroxylation is 4. The molecular formula is C16H22N2. The number of hydrogen-bond acceptors (Lipinski definition) is 1. The fourth-order valence-corrected chi connectivity index (χ4v) is 3.23. The van der Waals surface area contributed by atoms with E-state index in [0.29, 0.717) is 0 Å². The number of benzene rings is 1. The lowest BCUT2D eigenvalue weighted by Gasteiger charge is -2.18. The molecule has 0 saturated heterocycles. The molecule has 0 fully saturated rings. The van der Waals surface area contributed by atoms with Crippen molar-refractivity contribution < 1.29 is 0 Å². The van der Waals surface area contributed by atoms with Crippen molar-refractivity contribution in [3.8, 4) is 0 Å². The van der Waals surface area contributed by atoms with Crippen LogP contribution in [0.1, 0.15) is 29.7 Å². The van der Waals surface area contributed by atoms with Gasteiger partial charge in [0.05, 0.1) is 5.52 Å². The van der Waals surface area contributed by atoms with Crippen LogP contribution in [-0.4, -0.2) is 18.2 Å². The second-order valence-electron chi connectivity index (χ2n) is 5.44. The van der Waals surface area contributed by atoms with Gasteiger partial charge in [-0.25, -0.2) is 0 Å². The molecule has 3 rings (SSSR count). The number of hydrogen-bond donors (Lipinski definition) is 1. The average molecular weight is 242 g/mol. The van der Waals surface area contributed by atoms with Crippen LogP contribution in [0.2, 0.25) is 0 Å². The quantitative estimate of drug-likeness (QED) is 0.815. The van der Waals surface area contributed by atoms with Crippen LogP contribution in [0.5, 0.6) is 0 Å². The molecule has 18 heavy (non-hydrogen) atoms. The normalized spacial score (nSPS) is 14.3. The Hall–Kier alpha value is -1.28. The molecule has 1 N–H and O–H groups in total. The van der Waals surface area contributed by atoms with Gasteiger partial charge in [-0.05, 0) is 69.5 Å². The fraction of sp³-hybridized carbons (Fsp3) is 0.500. The van der Waals surface area contributed by atoms with Crippen LogP contribution < -0.4 is 5.32 Å². The maximum atomic E-state index is 3.22. The lowest BCUT2D eigenvalue weighted by molar-refractivity contribution is 0.622. The molecule has 0 unspecified atom stereocenters. The maximum absolute atomic E-state index is 3.22. The Morgan fingerprint density at radius 3 is 3.00 bits per heavy atom. The summed E-state index contributed by atoms with van der Waals surface area (Å²) in [5.74, 6) is 0. The molecule has 0 atom stereocenters. The van der Waals surface area contributed by atoms with Gasteiger partial charge in [0.2, 0.25) is 0 Å². The first kappa shape index (κ1) is 11.8. The summed E-state index contributed by atoms with van der Waals surface area (Å²) < 4.78 is 2.49. The molecular weight excluding hydrogens is 220 g/mol. The minimum atomic E-state index is 1.10. The zero-order chi connectivity index (χ0) is 12.5. The summed E-state index contributed by atoms with van der Waals surface area (Å²) >= 11 is 0. The third-order valence-corrected chi connectivity index (χ3v) is 4.06. The van der Waals surface area contributed by atoms with Crippen LogP contribution >= 0.6 is 0 Å². The van der Waals surface area contributed by atoms with Gasteiger partial charge in [0.25, 0.3) is 0 Å². The van der Waals surface area contributed by atoms with Crippen molar-refractivity contribution in [2.45, 2.75) is 39.2 Å². The summed E-state index contributed by atoms with van der Waals surface area (Å²) in [6.07, 6.45) is 4.95. The molecule has 2 aromatic rings. The van der Waals surface area contributed by atoms with Gasteiger partial charge in [-0.1, -0.05) is 6.07 Å². The molecule has 1 aromatic carbocycles. The highest BCUT2D eigenvalue weighted by Gasteiger charge is 2.15. The first-order valence-corrected chi connectivity index (χ1v) is 7.06. The second kappa shape index (κ2) is 4.77. The zero-order valence-corrected chi connectivity index (χ0v) is 11.4. The van der Waals surface area contributed by atoms with Crippen LogP contribution in [-0.2, 0) is 19.4 Å². The average Bonchev–Trinajstić information content (AvgIpc) is 2.69. The van der Waals surface area contributed by atoms with E-state index in [4.69, 9.17) is 0 Å². The minimum absolute atomic E-state index is 1.10. The highest BCUT2D eigenvalue weighted by atomic mass is 15.0. The minimum Gasteiger partial charge on any atom is -0.345 e. The summed E-state index contributed by atoms with van der Waals surface area (Å²) in [6, 6.07) is 7.18. The Morgan fingerprint density at radius 1 is 1.28 bits per heavy atom. The smallest absolute Gasteiger partial charge is 0.0515 e. The highest BCUT2D eigenvalue weighted by Crippen LogP contribution is 2.30. The van der Waals surface area contributed by atoms with Gasteiger partial charge in [-0.3, -0.25) is 0 Å².